The van der Waals surface area contributed by atoms with Crippen LogP contribution in [0.4, 0.5) is 0 Å². The van der Waals surface area contributed by atoms with Gasteiger partial charge < -0.3 is 9.67 Å². The fourth-order valence-corrected chi connectivity index (χ4v) is 2.34. The molecule has 0 bridgehead atoms. The van der Waals surface area contributed by atoms with Crippen molar-refractivity contribution in [1.82, 2.24) is 4.57 Å². The van der Waals surface area contributed by atoms with Crippen LogP contribution in [0.2, 0.25) is 0 Å². The van der Waals surface area contributed by atoms with Crippen molar-refractivity contribution >= 4 is 5.97 Å². The van der Waals surface area contributed by atoms with Gasteiger partial charge in [0.25, 0.3) is 0 Å². The smallest absolute Gasteiger partial charge is 0.337 e. The average molecular weight is 257 g/mol. The topological polar surface area (TPSA) is 42.2 Å². The first-order valence-electron chi connectivity index (χ1n) is 6.67. The van der Waals surface area contributed by atoms with Crippen molar-refractivity contribution in [1.29, 1.82) is 0 Å². The monoisotopic (exact) mass is 257 g/mol. The lowest BCUT2D eigenvalue weighted by molar-refractivity contribution is 0.0695. The standard InChI is InChI=1S/C16H19NO2/c1-2-11-17-12-10-14(16(18)19)15(17)9-8-13-6-4-3-5-7-13/h3-7,10,12H,2,8-9,11H2,1H3,(H,18,19). The molecule has 2 rings (SSSR count). The molecule has 100 valence electrons. The number of carbonyl (C=O) groups is 1. The number of aromatic carboxylic acids is 1. The van der Waals surface area contributed by atoms with Crippen molar-refractivity contribution in [2.75, 3.05) is 0 Å². The van der Waals surface area contributed by atoms with E-state index in [1.54, 1.807) is 6.07 Å². The zero-order chi connectivity index (χ0) is 13.7. The summed E-state index contributed by atoms with van der Waals surface area (Å²) in [4.78, 5) is 11.2. The number of carboxylic acid groups (broad SMARTS) is 1. The van der Waals surface area contributed by atoms with Gasteiger partial charge >= 0.3 is 5.97 Å². The maximum atomic E-state index is 11.2. The quantitative estimate of drug-likeness (QED) is 0.862. The Morgan fingerprint density at radius 2 is 1.89 bits per heavy atom. The molecule has 1 aromatic heterocycles. The molecule has 0 spiro atoms. The van der Waals surface area contributed by atoms with E-state index in [1.807, 2.05) is 24.4 Å². The van der Waals surface area contributed by atoms with Gasteiger partial charge in [-0.05, 0) is 30.9 Å². The van der Waals surface area contributed by atoms with Gasteiger partial charge in [0.1, 0.15) is 0 Å². The summed E-state index contributed by atoms with van der Waals surface area (Å²) in [5.41, 5.74) is 2.60. The van der Waals surface area contributed by atoms with Crippen LogP contribution in [0.5, 0.6) is 0 Å². The zero-order valence-corrected chi connectivity index (χ0v) is 11.2. The van der Waals surface area contributed by atoms with Crippen molar-refractivity contribution in [2.45, 2.75) is 32.7 Å². The summed E-state index contributed by atoms with van der Waals surface area (Å²) >= 11 is 0. The van der Waals surface area contributed by atoms with Gasteiger partial charge in [-0.2, -0.15) is 0 Å². The minimum atomic E-state index is -0.835. The molecule has 1 heterocycles. The van der Waals surface area contributed by atoms with E-state index >= 15 is 0 Å². The van der Waals surface area contributed by atoms with E-state index in [4.69, 9.17) is 0 Å². The summed E-state index contributed by atoms with van der Waals surface area (Å²) in [5.74, 6) is -0.835. The van der Waals surface area contributed by atoms with Gasteiger partial charge in [-0.1, -0.05) is 37.3 Å². The van der Waals surface area contributed by atoms with Crippen LogP contribution >= 0.6 is 0 Å². The van der Waals surface area contributed by atoms with Crippen LogP contribution in [-0.4, -0.2) is 15.6 Å². The molecular weight excluding hydrogens is 238 g/mol. The molecule has 0 atom stereocenters. The first kappa shape index (κ1) is 13.4. The fraction of sp³-hybridized carbons (Fsp3) is 0.312. The van der Waals surface area contributed by atoms with E-state index in [0.717, 1.165) is 31.5 Å². The highest BCUT2D eigenvalue weighted by Crippen LogP contribution is 2.15. The molecule has 0 amide bonds. The molecule has 1 aromatic carbocycles. The van der Waals surface area contributed by atoms with Crippen molar-refractivity contribution in [2.24, 2.45) is 0 Å². The molecule has 0 aliphatic rings. The normalized spacial score (nSPS) is 10.6. The SMILES string of the molecule is CCCn1ccc(C(=O)O)c1CCc1ccccc1. The molecule has 0 radical (unpaired) electrons. The number of hydrogen-bond donors (Lipinski definition) is 1. The molecular formula is C16H19NO2. The lowest BCUT2D eigenvalue weighted by atomic mass is 10.1. The number of aryl methyl sites for hydroxylation is 2. The van der Waals surface area contributed by atoms with Crippen LogP contribution in [-0.2, 0) is 19.4 Å². The second-order valence-electron chi connectivity index (χ2n) is 4.66. The number of carboxylic acids is 1. The lowest BCUT2D eigenvalue weighted by Gasteiger charge is -2.09. The Morgan fingerprint density at radius 3 is 2.53 bits per heavy atom. The third-order valence-electron chi connectivity index (χ3n) is 3.27. The van der Waals surface area contributed by atoms with Crippen LogP contribution < -0.4 is 0 Å². The molecule has 0 aliphatic heterocycles. The third kappa shape index (κ3) is 3.25. The Labute approximate surface area is 113 Å². The van der Waals surface area contributed by atoms with Crippen LogP contribution in [0.15, 0.2) is 42.6 Å². The maximum absolute atomic E-state index is 11.2. The molecule has 19 heavy (non-hydrogen) atoms. The van der Waals surface area contributed by atoms with Gasteiger partial charge in [0.15, 0.2) is 0 Å². The zero-order valence-electron chi connectivity index (χ0n) is 11.2. The predicted octanol–water partition coefficient (Wildman–Crippen LogP) is 3.38. The average Bonchev–Trinajstić information content (AvgIpc) is 2.81. The lowest BCUT2D eigenvalue weighted by Crippen LogP contribution is -2.08. The molecule has 2 aromatic rings. The van der Waals surface area contributed by atoms with Crippen LogP contribution in [0, 0.1) is 0 Å². The van der Waals surface area contributed by atoms with Crippen molar-refractivity contribution in [3.05, 3.63) is 59.4 Å². The molecule has 1 N–H and O–H groups in total. The van der Waals surface area contributed by atoms with Crippen LogP contribution in [0.1, 0.15) is 35.0 Å². The molecule has 0 saturated carbocycles. The molecule has 0 saturated heterocycles. The van der Waals surface area contributed by atoms with E-state index in [2.05, 4.69) is 23.6 Å². The third-order valence-corrected chi connectivity index (χ3v) is 3.27. The van der Waals surface area contributed by atoms with E-state index in [-0.39, 0.29) is 0 Å². The number of benzene rings is 1. The Balaban J connectivity index is 2.17. The van der Waals surface area contributed by atoms with E-state index in [9.17, 15) is 9.90 Å². The van der Waals surface area contributed by atoms with Crippen LogP contribution in [0.3, 0.4) is 0 Å². The van der Waals surface area contributed by atoms with Gasteiger partial charge in [0.2, 0.25) is 0 Å². The molecule has 3 heteroatoms. The second-order valence-corrected chi connectivity index (χ2v) is 4.66. The van der Waals surface area contributed by atoms with Crippen molar-refractivity contribution < 1.29 is 9.90 Å². The Bertz CT molecular complexity index is 543. The van der Waals surface area contributed by atoms with Crippen molar-refractivity contribution in [3.8, 4) is 0 Å². The number of nitrogens with zero attached hydrogens (tertiary/aromatic N) is 1. The van der Waals surface area contributed by atoms with Gasteiger partial charge in [-0.3, -0.25) is 0 Å². The first-order chi connectivity index (χ1) is 9.22. The highest BCUT2D eigenvalue weighted by molar-refractivity contribution is 5.89. The van der Waals surface area contributed by atoms with E-state index in [1.165, 1.54) is 5.56 Å². The summed E-state index contributed by atoms with van der Waals surface area (Å²) in [6.07, 6.45) is 4.52. The minimum Gasteiger partial charge on any atom is -0.478 e. The number of hydrogen-bond acceptors (Lipinski definition) is 1. The molecule has 0 fully saturated rings. The predicted molar refractivity (Wildman–Crippen MR) is 75.5 cm³/mol. The van der Waals surface area contributed by atoms with Gasteiger partial charge in [-0.25, -0.2) is 4.79 Å². The van der Waals surface area contributed by atoms with E-state index < -0.39 is 5.97 Å². The highest BCUT2D eigenvalue weighted by atomic mass is 16.4. The number of rotatable bonds is 6. The highest BCUT2D eigenvalue weighted by Gasteiger charge is 2.14. The molecule has 3 nitrogen and oxygen atoms in total. The Hall–Kier alpha value is -2.03. The Morgan fingerprint density at radius 1 is 1.16 bits per heavy atom. The minimum absolute atomic E-state index is 0.435. The Kier molecular flexibility index (Phi) is 4.39. The summed E-state index contributed by atoms with van der Waals surface area (Å²) in [7, 11) is 0. The second kappa shape index (κ2) is 6.23. The molecule has 0 unspecified atom stereocenters. The summed E-state index contributed by atoms with van der Waals surface area (Å²) in [6, 6.07) is 11.9. The largest absolute Gasteiger partial charge is 0.478 e. The van der Waals surface area contributed by atoms with Crippen molar-refractivity contribution in [3.63, 3.8) is 0 Å². The van der Waals surface area contributed by atoms with E-state index in [0.29, 0.717) is 5.56 Å². The van der Waals surface area contributed by atoms with Gasteiger partial charge in [0, 0.05) is 18.4 Å². The maximum Gasteiger partial charge on any atom is 0.337 e. The summed E-state index contributed by atoms with van der Waals surface area (Å²) in [5, 5.41) is 9.23. The summed E-state index contributed by atoms with van der Waals surface area (Å²) in [6.45, 7) is 2.97. The van der Waals surface area contributed by atoms with Gasteiger partial charge in [-0.15, -0.1) is 0 Å². The van der Waals surface area contributed by atoms with Gasteiger partial charge in [0.05, 0.1) is 5.56 Å². The number of aromatic nitrogens is 1. The van der Waals surface area contributed by atoms with Crippen LogP contribution in [0.25, 0.3) is 0 Å². The molecule has 0 aliphatic carbocycles. The fourth-order valence-electron chi connectivity index (χ4n) is 2.34. The first-order valence-corrected chi connectivity index (χ1v) is 6.67. The summed E-state index contributed by atoms with van der Waals surface area (Å²) < 4.78 is 2.06.